The summed E-state index contributed by atoms with van der Waals surface area (Å²) in [5, 5.41) is 0. The molecule has 0 unspecified atom stereocenters. The first-order chi connectivity index (χ1) is 4.41. The van der Waals surface area contributed by atoms with Crippen LogP contribution in [0, 0.1) is 0 Å². The Labute approximate surface area is 60.9 Å². The second-order valence-corrected chi connectivity index (χ2v) is 2.57. The lowest BCUT2D eigenvalue weighted by Gasteiger charge is -2.20. The Morgan fingerprint density at radius 1 is 1.60 bits per heavy atom. The summed E-state index contributed by atoms with van der Waals surface area (Å²) in [4.78, 5) is 11.0. The molecule has 0 aromatic rings. The van der Waals surface area contributed by atoms with Crippen LogP contribution in [0.15, 0.2) is 12.3 Å². The van der Waals surface area contributed by atoms with Gasteiger partial charge in [-0.15, -0.1) is 0 Å². The molecule has 0 radical (unpaired) electrons. The van der Waals surface area contributed by atoms with Crippen molar-refractivity contribution in [2.45, 2.75) is 19.4 Å². The van der Waals surface area contributed by atoms with Gasteiger partial charge < -0.3 is 10.5 Å². The van der Waals surface area contributed by atoms with Gasteiger partial charge in [0.05, 0.1) is 5.70 Å². The third kappa shape index (κ3) is 1.84. The van der Waals surface area contributed by atoms with Crippen LogP contribution in [0.5, 0.6) is 0 Å². The number of rotatable bonds is 3. The lowest BCUT2D eigenvalue weighted by Crippen LogP contribution is -2.36. The summed E-state index contributed by atoms with van der Waals surface area (Å²) in [5.74, 6) is -0.269. The molecule has 0 aliphatic heterocycles. The number of carbonyl (C=O) groups excluding carboxylic acids is 1. The van der Waals surface area contributed by atoms with Gasteiger partial charge in [0.15, 0.2) is 0 Å². The van der Waals surface area contributed by atoms with Gasteiger partial charge in [0.25, 0.3) is 0 Å². The average molecular weight is 143 g/mol. The van der Waals surface area contributed by atoms with Crippen LogP contribution in [0.3, 0.4) is 0 Å². The molecule has 2 N–H and O–H groups in total. The molecule has 0 saturated carbocycles. The minimum Gasteiger partial charge on any atom is -0.396 e. The zero-order valence-electron chi connectivity index (χ0n) is 6.60. The summed E-state index contributed by atoms with van der Waals surface area (Å²) in [5.41, 5.74) is 4.37. The molecule has 0 aliphatic rings. The van der Waals surface area contributed by atoms with Crippen molar-refractivity contribution in [3.63, 3.8) is 0 Å². The smallest absolute Gasteiger partial charge is 0.208 e. The van der Waals surface area contributed by atoms with Crippen LogP contribution in [0.1, 0.15) is 13.8 Å². The molecule has 0 rings (SSSR count). The van der Waals surface area contributed by atoms with Crippen molar-refractivity contribution in [2.24, 2.45) is 5.73 Å². The third-order valence-corrected chi connectivity index (χ3v) is 1.35. The average Bonchev–Trinajstić information content (AvgIpc) is 1.86. The van der Waals surface area contributed by atoms with Crippen molar-refractivity contribution >= 4 is 5.78 Å². The Morgan fingerprint density at radius 3 is 2.10 bits per heavy atom. The fraction of sp³-hybridized carbons (Fsp3) is 0.571. The van der Waals surface area contributed by atoms with Crippen LogP contribution in [-0.4, -0.2) is 18.5 Å². The summed E-state index contributed by atoms with van der Waals surface area (Å²) < 4.78 is 4.87. The maximum absolute atomic E-state index is 11.0. The first-order valence-electron chi connectivity index (χ1n) is 2.96. The van der Waals surface area contributed by atoms with Gasteiger partial charge in [0.2, 0.25) is 5.78 Å². The number of ether oxygens (including phenoxy) is 1. The summed E-state index contributed by atoms with van der Waals surface area (Å²) in [7, 11) is 1.46. The molecular weight excluding hydrogens is 130 g/mol. The van der Waals surface area contributed by atoms with Gasteiger partial charge in [0, 0.05) is 7.11 Å². The maximum atomic E-state index is 11.0. The van der Waals surface area contributed by atoms with E-state index in [4.69, 9.17) is 10.5 Å². The van der Waals surface area contributed by atoms with Gasteiger partial charge in [-0.25, -0.2) is 0 Å². The summed E-state index contributed by atoms with van der Waals surface area (Å²) in [6.07, 6.45) is 0. The van der Waals surface area contributed by atoms with E-state index in [1.54, 1.807) is 13.8 Å². The van der Waals surface area contributed by atoms with Gasteiger partial charge in [0.1, 0.15) is 5.60 Å². The lowest BCUT2D eigenvalue weighted by atomic mass is 10.0. The highest BCUT2D eigenvalue weighted by atomic mass is 16.5. The van der Waals surface area contributed by atoms with Crippen LogP contribution in [-0.2, 0) is 9.53 Å². The molecule has 0 spiro atoms. The van der Waals surface area contributed by atoms with Crippen molar-refractivity contribution in [3.05, 3.63) is 12.3 Å². The molecule has 0 bridgehead atoms. The first kappa shape index (κ1) is 9.17. The maximum Gasteiger partial charge on any atom is 0.208 e. The highest BCUT2D eigenvalue weighted by Gasteiger charge is 2.27. The molecular formula is C7H13NO2. The zero-order chi connectivity index (χ0) is 8.36. The molecule has 0 amide bonds. The summed E-state index contributed by atoms with van der Waals surface area (Å²) in [6, 6.07) is 0. The number of carbonyl (C=O) groups is 1. The van der Waals surface area contributed by atoms with Crippen LogP contribution < -0.4 is 5.73 Å². The van der Waals surface area contributed by atoms with Crippen molar-refractivity contribution in [2.75, 3.05) is 7.11 Å². The lowest BCUT2D eigenvalue weighted by molar-refractivity contribution is -0.133. The number of ketones is 1. The van der Waals surface area contributed by atoms with Crippen LogP contribution in [0.2, 0.25) is 0 Å². The Hall–Kier alpha value is -0.830. The fourth-order valence-corrected chi connectivity index (χ4v) is 0.479. The second-order valence-electron chi connectivity index (χ2n) is 2.57. The normalized spacial score (nSPS) is 11.1. The zero-order valence-corrected chi connectivity index (χ0v) is 6.60. The molecule has 0 saturated heterocycles. The molecule has 0 aliphatic carbocycles. The third-order valence-electron chi connectivity index (χ3n) is 1.35. The second kappa shape index (κ2) is 2.84. The molecule has 58 valence electrons. The van der Waals surface area contributed by atoms with Gasteiger partial charge in [-0.3, -0.25) is 4.79 Å². The highest BCUT2D eigenvalue weighted by molar-refractivity contribution is 5.99. The van der Waals surface area contributed by atoms with E-state index >= 15 is 0 Å². The van der Waals surface area contributed by atoms with E-state index < -0.39 is 5.60 Å². The topological polar surface area (TPSA) is 52.3 Å². The molecule has 0 heterocycles. The van der Waals surface area contributed by atoms with E-state index in [0.29, 0.717) is 0 Å². The molecule has 3 heteroatoms. The Morgan fingerprint density at radius 2 is 2.00 bits per heavy atom. The monoisotopic (exact) mass is 143 g/mol. The van der Waals surface area contributed by atoms with Crippen molar-refractivity contribution < 1.29 is 9.53 Å². The minimum absolute atomic E-state index is 0.0341. The van der Waals surface area contributed by atoms with E-state index in [0.717, 1.165) is 0 Å². The highest BCUT2D eigenvalue weighted by Crippen LogP contribution is 2.10. The molecule has 0 atom stereocenters. The van der Waals surface area contributed by atoms with E-state index in [-0.39, 0.29) is 11.5 Å². The Bertz CT molecular complexity index is 161. The van der Waals surface area contributed by atoms with Crippen LogP contribution >= 0.6 is 0 Å². The first-order valence-corrected chi connectivity index (χ1v) is 2.96. The van der Waals surface area contributed by atoms with Crippen molar-refractivity contribution in [3.8, 4) is 0 Å². The standard InChI is InChI=1S/C7H13NO2/c1-5(8)6(9)7(2,3)10-4/h1,8H2,2-4H3. The van der Waals surface area contributed by atoms with Crippen molar-refractivity contribution in [1.82, 2.24) is 0 Å². The van der Waals surface area contributed by atoms with Gasteiger partial charge in [-0.05, 0) is 13.8 Å². The van der Waals surface area contributed by atoms with Gasteiger partial charge in [-0.1, -0.05) is 6.58 Å². The fourth-order valence-electron chi connectivity index (χ4n) is 0.479. The molecule has 3 nitrogen and oxygen atoms in total. The van der Waals surface area contributed by atoms with E-state index in [2.05, 4.69) is 6.58 Å². The molecule has 0 aromatic carbocycles. The van der Waals surface area contributed by atoms with Gasteiger partial charge in [-0.2, -0.15) is 0 Å². The Kier molecular flexibility index (Phi) is 2.60. The molecule has 0 fully saturated rings. The number of nitrogens with two attached hydrogens (primary N) is 1. The van der Waals surface area contributed by atoms with Crippen LogP contribution in [0.4, 0.5) is 0 Å². The van der Waals surface area contributed by atoms with Crippen molar-refractivity contribution in [1.29, 1.82) is 0 Å². The van der Waals surface area contributed by atoms with Crippen LogP contribution in [0.25, 0.3) is 0 Å². The minimum atomic E-state index is -0.841. The largest absolute Gasteiger partial charge is 0.396 e. The predicted octanol–water partition coefficient (Wildman–Crippen LogP) is 0.453. The Balaban J connectivity index is 4.33. The molecule has 10 heavy (non-hydrogen) atoms. The van der Waals surface area contributed by atoms with E-state index in [1.807, 2.05) is 0 Å². The van der Waals surface area contributed by atoms with E-state index in [9.17, 15) is 4.79 Å². The number of hydrogen-bond acceptors (Lipinski definition) is 3. The number of Topliss-reactive ketones (excluding diaryl/α,β-unsaturated/α-hetero) is 1. The predicted molar refractivity (Wildman–Crippen MR) is 39.4 cm³/mol. The number of hydrogen-bond donors (Lipinski definition) is 1. The molecule has 0 aromatic heterocycles. The number of methoxy groups -OCH3 is 1. The SMILES string of the molecule is C=C(N)C(=O)C(C)(C)OC. The van der Waals surface area contributed by atoms with Gasteiger partial charge >= 0.3 is 0 Å². The summed E-state index contributed by atoms with van der Waals surface area (Å²) in [6.45, 7) is 6.61. The summed E-state index contributed by atoms with van der Waals surface area (Å²) >= 11 is 0. The van der Waals surface area contributed by atoms with E-state index in [1.165, 1.54) is 7.11 Å². The quantitative estimate of drug-likeness (QED) is 0.584.